The van der Waals surface area contributed by atoms with Gasteiger partial charge in [0.15, 0.2) is 11.6 Å². The predicted molar refractivity (Wildman–Crippen MR) is 81.9 cm³/mol. The molecule has 0 bridgehead atoms. The Kier molecular flexibility index (Phi) is 3.85. The van der Waals surface area contributed by atoms with Gasteiger partial charge in [-0.05, 0) is 18.2 Å². The van der Waals surface area contributed by atoms with E-state index in [2.05, 4.69) is 10.1 Å². The topological polar surface area (TPSA) is 30.7 Å². The zero-order valence-corrected chi connectivity index (χ0v) is 12.7. The van der Waals surface area contributed by atoms with Crippen molar-refractivity contribution in [3.05, 3.63) is 59.1 Å². The quantitative estimate of drug-likeness (QED) is 0.671. The van der Waals surface area contributed by atoms with E-state index in [0.29, 0.717) is 16.4 Å². The number of hydrogen-bond donors (Lipinski definition) is 0. The molecule has 0 N–H and O–H groups in total. The van der Waals surface area contributed by atoms with Crippen molar-refractivity contribution in [1.29, 1.82) is 0 Å². The van der Waals surface area contributed by atoms with Crippen LogP contribution in [0, 0.1) is 0 Å². The minimum atomic E-state index is -4.47. The summed E-state index contributed by atoms with van der Waals surface area (Å²) in [4.78, 5) is 4.25. The number of hydrogen-bond acceptors (Lipinski definition) is 2. The highest BCUT2D eigenvalue weighted by Gasteiger charge is 2.34. The Labute approximate surface area is 135 Å². The van der Waals surface area contributed by atoms with E-state index in [9.17, 15) is 13.2 Å². The van der Waals surface area contributed by atoms with E-state index in [4.69, 9.17) is 11.6 Å². The van der Waals surface area contributed by atoms with Crippen molar-refractivity contribution in [2.24, 2.45) is 7.05 Å². The molecule has 0 saturated carbocycles. The highest BCUT2D eigenvalue weighted by Crippen LogP contribution is 2.36. The smallest absolute Gasteiger partial charge is 0.248 e. The van der Waals surface area contributed by atoms with Crippen LogP contribution >= 0.6 is 11.6 Å². The summed E-state index contributed by atoms with van der Waals surface area (Å²) in [6.07, 6.45) is -4.47. The van der Waals surface area contributed by atoms with Crippen LogP contribution in [0.15, 0.2) is 48.5 Å². The molecule has 1 heterocycles. The third-order valence-electron chi connectivity index (χ3n) is 3.35. The summed E-state index contributed by atoms with van der Waals surface area (Å²) >= 11 is 6.13. The molecule has 3 aromatic rings. The second kappa shape index (κ2) is 5.70. The van der Waals surface area contributed by atoms with Crippen molar-refractivity contribution >= 4 is 11.6 Å². The molecule has 3 nitrogen and oxygen atoms in total. The number of rotatable bonds is 2. The maximum atomic E-state index is 13.1. The van der Waals surface area contributed by atoms with Crippen molar-refractivity contribution in [2.45, 2.75) is 6.18 Å². The fourth-order valence-corrected chi connectivity index (χ4v) is 2.52. The lowest BCUT2D eigenvalue weighted by Gasteiger charge is -2.09. The fourth-order valence-electron chi connectivity index (χ4n) is 2.30. The van der Waals surface area contributed by atoms with Gasteiger partial charge in [-0.1, -0.05) is 41.9 Å². The van der Waals surface area contributed by atoms with E-state index in [1.54, 1.807) is 31.3 Å². The Hall–Kier alpha value is -2.34. The van der Waals surface area contributed by atoms with E-state index in [-0.39, 0.29) is 11.4 Å². The van der Waals surface area contributed by atoms with E-state index < -0.39 is 11.7 Å². The summed E-state index contributed by atoms with van der Waals surface area (Å²) in [5.41, 5.74) is -0.217. The summed E-state index contributed by atoms with van der Waals surface area (Å²) in [7, 11) is 1.62. The molecule has 0 unspecified atom stereocenters. The number of alkyl halides is 3. The van der Waals surface area contributed by atoms with E-state index in [1.807, 2.05) is 0 Å². The van der Waals surface area contributed by atoms with Crippen LogP contribution in [0.5, 0.6) is 0 Å². The molecule has 0 aliphatic rings. The van der Waals surface area contributed by atoms with Crippen molar-refractivity contribution in [2.75, 3.05) is 0 Å². The van der Waals surface area contributed by atoms with Gasteiger partial charge in [-0.3, -0.25) is 0 Å². The number of nitrogens with zero attached hydrogens (tertiary/aromatic N) is 3. The predicted octanol–water partition coefficient (Wildman–Crippen LogP) is 4.82. The lowest BCUT2D eigenvalue weighted by atomic mass is 10.1. The molecular formula is C16H11ClF3N3. The molecule has 1 aromatic heterocycles. The van der Waals surface area contributed by atoms with Crippen molar-refractivity contribution < 1.29 is 13.2 Å². The second-order valence-corrected chi connectivity index (χ2v) is 5.31. The molecule has 23 heavy (non-hydrogen) atoms. The molecule has 0 aliphatic heterocycles. The highest BCUT2D eigenvalue weighted by atomic mass is 35.5. The molecule has 118 valence electrons. The first-order valence-corrected chi connectivity index (χ1v) is 7.08. The minimum absolute atomic E-state index is 0.00958. The van der Waals surface area contributed by atoms with Gasteiger partial charge < -0.3 is 0 Å². The Morgan fingerprint density at radius 1 is 0.957 bits per heavy atom. The standard InChI is InChI=1S/C16H11ClF3N3/c1-23-15(11-7-3-5-9-13(11)17)21-14(22-23)10-6-2-4-8-12(10)16(18,19)20/h2-9H,1H3. The summed E-state index contributed by atoms with van der Waals surface area (Å²) in [6, 6.07) is 12.2. The second-order valence-electron chi connectivity index (χ2n) is 4.91. The molecule has 0 amide bonds. The summed E-state index contributed by atoms with van der Waals surface area (Å²) in [5.74, 6) is 0.415. The molecule has 2 aromatic carbocycles. The monoisotopic (exact) mass is 337 g/mol. The highest BCUT2D eigenvalue weighted by molar-refractivity contribution is 6.33. The fraction of sp³-hybridized carbons (Fsp3) is 0.125. The number of aromatic nitrogens is 3. The first-order valence-electron chi connectivity index (χ1n) is 6.70. The van der Waals surface area contributed by atoms with E-state index in [1.165, 1.54) is 22.9 Å². The molecule has 0 fully saturated rings. The van der Waals surface area contributed by atoms with Gasteiger partial charge in [0, 0.05) is 18.2 Å². The lowest BCUT2D eigenvalue weighted by Crippen LogP contribution is -2.07. The van der Waals surface area contributed by atoms with Crippen LogP contribution < -0.4 is 0 Å². The maximum Gasteiger partial charge on any atom is 0.417 e. The molecule has 0 saturated heterocycles. The molecule has 3 rings (SSSR count). The van der Waals surface area contributed by atoms with Crippen molar-refractivity contribution in [3.63, 3.8) is 0 Å². The average Bonchev–Trinajstić information content (AvgIpc) is 2.89. The minimum Gasteiger partial charge on any atom is -0.248 e. The maximum absolute atomic E-state index is 13.1. The zero-order valence-electron chi connectivity index (χ0n) is 12.0. The average molecular weight is 338 g/mol. The van der Waals surface area contributed by atoms with Crippen molar-refractivity contribution in [1.82, 2.24) is 14.8 Å². The Morgan fingerprint density at radius 3 is 2.22 bits per heavy atom. The summed E-state index contributed by atoms with van der Waals surface area (Å²) in [5, 5.41) is 4.58. The Bertz CT molecular complexity index is 856. The van der Waals surface area contributed by atoms with Crippen molar-refractivity contribution in [3.8, 4) is 22.8 Å². The van der Waals surface area contributed by atoms with Gasteiger partial charge >= 0.3 is 6.18 Å². The van der Waals surface area contributed by atoms with E-state index >= 15 is 0 Å². The number of benzene rings is 2. The molecular weight excluding hydrogens is 327 g/mol. The molecule has 0 radical (unpaired) electrons. The first kappa shape index (κ1) is 15.6. The molecule has 0 aliphatic carbocycles. The van der Waals surface area contributed by atoms with Gasteiger partial charge in [0.05, 0.1) is 10.6 Å². The zero-order chi connectivity index (χ0) is 16.6. The van der Waals surface area contributed by atoms with Gasteiger partial charge in [-0.25, -0.2) is 9.67 Å². The van der Waals surface area contributed by atoms with E-state index in [0.717, 1.165) is 6.07 Å². The normalized spacial score (nSPS) is 11.7. The van der Waals surface area contributed by atoms with Crippen LogP contribution in [0.2, 0.25) is 5.02 Å². The van der Waals surface area contributed by atoms with Gasteiger partial charge in [0.25, 0.3) is 0 Å². The van der Waals surface area contributed by atoms with Gasteiger partial charge in [0.1, 0.15) is 0 Å². The molecule has 0 spiro atoms. The van der Waals surface area contributed by atoms with Crippen LogP contribution in [0.25, 0.3) is 22.8 Å². The molecule has 0 atom stereocenters. The third-order valence-corrected chi connectivity index (χ3v) is 3.68. The number of aryl methyl sites for hydroxylation is 1. The first-order chi connectivity index (χ1) is 10.9. The third kappa shape index (κ3) is 2.94. The number of halogens is 4. The lowest BCUT2D eigenvalue weighted by molar-refractivity contribution is -0.137. The Balaban J connectivity index is 2.15. The van der Waals surface area contributed by atoms with Gasteiger partial charge in [0.2, 0.25) is 0 Å². The van der Waals surface area contributed by atoms with Crippen LogP contribution in [0.4, 0.5) is 13.2 Å². The summed E-state index contributed by atoms with van der Waals surface area (Å²) in [6.45, 7) is 0. The Morgan fingerprint density at radius 2 is 1.57 bits per heavy atom. The molecule has 7 heteroatoms. The van der Waals surface area contributed by atoms with Gasteiger partial charge in [-0.2, -0.15) is 18.3 Å². The largest absolute Gasteiger partial charge is 0.417 e. The summed E-state index contributed by atoms with van der Waals surface area (Å²) < 4.78 is 40.9. The van der Waals surface area contributed by atoms with Gasteiger partial charge in [-0.15, -0.1) is 0 Å². The van der Waals surface area contributed by atoms with Crippen LogP contribution in [-0.4, -0.2) is 14.8 Å². The van der Waals surface area contributed by atoms with Crippen LogP contribution in [0.1, 0.15) is 5.56 Å². The van der Waals surface area contributed by atoms with Crippen LogP contribution in [-0.2, 0) is 13.2 Å². The SMILES string of the molecule is Cn1nc(-c2ccccc2C(F)(F)F)nc1-c1ccccc1Cl. The van der Waals surface area contributed by atoms with Crippen LogP contribution in [0.3, 0.4) is 0 Å².